The van der Waals surface area contributed by atoms with Crippen LogP contribution < -0.4 is 5.32 Å². The van der Waals surface area contributed by atoms with Crippen LogP contribution in [0.15, 0.2) is 0 Å². The van der Waals surface area contributed by atoms with Crippen molar-refractivity contribution >= 4 is 21.7 Å². The van der Waals surface area contributed by atoms with Crippen molar-refractivity contribution in [2.45, 2.75) is 32.4 Å². The Morgan fingerprint density at radius 3 is 2.05 bits per heavy atom. The van der Waals surface area contributed by atoms with Gasteiger partial charge in [-0.15, -0.1) is 0 Å². The molecule has 0 bridgehead atoms. The van der Waals surface area contributed by atoms with Gasteiger partial charge in [-0.05, 0) is 19.3 Å². The molecular weight excluding hydrogens is 270 g/mol. The van der Waals surface area contributed by atoms with Crippen molar-refractivity contribution < 1.29 is 23.1 Å². The Balaban J connectivity index is 2.67. The molecule has 2 unspecified atom stereocenters. The average molecular weight is 291 g/mol. The van der Waals surface area contributed by atoms with Crippen LogP contribution in [-0.2, 0) is 19.4 Å². The summed E-state index contributed by atoms with van der Waals surface area (Å²) in [5, 5.41) is 11.5. The molecule has 1 aliphatic carbocycles. The quantitative estimate of drug-likeness (QED) is 0.758. The van der Waals surface area contributed by atoms with Crippen molar-refractivity contribution in [3.63, 3.8) is 0 Å². The second kappa shape index (κ2) is 4.47. The van der Waals surface area contributed by atoms with Gasteiger partial charge in [0.1, 0.15) is 0 Å². The lowest BCUT2D eigenvalue weighted by Crippen LogP contribution is -2.44. The van der Waals surface area contributed by atoms with Crippen molar-refractivity contribution in [1.29, 1.82) is 0 Å². The number of aliphatic carboxylic acids is 1. The zero-order chi connectivity index (χ0) is 15.2. The Bertz CT molecular complexity index is 506. The number of amides is 1. The number of hydrogen-bond acceptors (Lipinski definition) is 4. The normalized spacial score (nSPS) is 25.7. The summed E-state index contributed by atoms with van der Waals surface area (Å²) < 4.78 is 21.9. The van der Waals surface area contributed by atoms with Crippen LogP contribution in [0.5, 0.6) is 0 Å². The van der Waals surface area contributed by atoms with Gasteiger partial charge in [-0.1, -0.05) is 13.8 Å². The molecule has 1 fully saturated rings. The molecule has 19 heavy (non-hydrogen) atoms. The third-order valence-corrected chi connectivity index (χ3v) is 6.22. The van der Waals surface area contributed by atoms with Gasteiger partial charge in [0.05, 0.1) is 16.6 Å². The molecule has 2 N–H and O–H groups in total. The predicted molar refractivity (Wildman–Crippen MR) is 70.3 cm³/mol. The van der Waals surface area contributed by atoms with Gasteiger partial charge in [-0.3, -0.25) is 9.59 Å². The van der Waals surface area contributed by atoms with Crippen LogP contribution in [0.4, 0.5) is 0 Å². The van der Waals surface area contributed by atoms with E-state index in [1.54, 1.807) is 13.8 Å². The monoisotopic (exact) mass is 291 g/mol. The highest BCUT2D eigenvalue weighted by atomic mass is 32.2. The number of carbonyl (C=O) groups is 2. The first-order chi connectivity index (χ1) is 8.32. The van der Waals surface area contributed by atoms with Crippen LogP contribution in [0.2, 0.25) is 0 Å². The second-order valence-corrected chi connectivity index (χ2v) is 9.01. The van der Waals surface area contributed by atoms with Crippen LogP contribution in [-0.4, -0.2) is 42.9 Å². The van der Waals surface area contributed by atoms with E-state index in [9.17, 15) is 18.0 Å². The highest BCUT2D eigenvalue weighted by Crippen LogP contribution is 2.58. The van der Waals surface area contributed by atoms with Crippen LogP contribution >= 0.6 is 0 Å². The highest BCUT2D eigenvalue weighted by molar-refractivity contribution is 7.92. The Labute approximate surface area is 113 Å². The summed E-state index contributed by atoms with van der Waals surface area (Å²) in [5.41, 5.74) is -0.578. The van der Waals surface area contributed by atoms with Gasteiger partial charge in [0.25, 0.3) is 0 Å². The molecule has 110 valence electrons. The maximum absolute atomic E-state index is 11.9. The third-order valence-electron chi connectivity index (χ3n) is 4.07. The number of hydrogen-bond donors (Lipinski definition) is 2. The Morgan fingerprint density at radius 1 is 1.26 bits per heavy atom. The lowest BCUT2D eigenvalue weighted by Gasteiger charge is -2.22. The molecule has 1 amide bonds. The fraction of sp³-hybridized carbons (Fsp3) is 0.833. The molecule has 0 aromatic carbocycles. The van der Waals surface area contributed by atoms with Crippen LogP contribution in [0.25, 0.3) is 0 Å². The molecule has 7 heteroatoms. The van der Waals surface area contributed by atoms with Gasteiger partial charge in [-0.25, -0.2) is 8.42 Å². The van der Waals surface area contributed by atoms with Crippen LogP contribution in [0.1, 0.15) is 27.7 Å². The number of rotatable bonds is 5. The minimum absolute atomic E-state index is 0.0242. The maximum atomic E-state index is 11.9. The van der Waals surface area contributed by atoms with E-state index in [4.69, 9.17) is 5.11 Å². The van der Waals surface area contributed by atoms with Gasteiger partial charge in [-0.2, -0.15) is 0 Å². The lowest BCUT2D eigenvalue weighted by atomic mass is 10.1. The number of carbonyl (C=O) groups excluding carboxylic acids is 1. The fourth-order valence-electron chi connectivity index (χ4n) is 2.13. The van der Waals surface area contributed by atoms with Gasteiger partial charge in [0.2, 0.25) is 5.91 Å². The zero-order valence-electron chi connectivity index (χ0n) is 11.9. The van der Waals surface area contributed by atoms with Gasteiger partial charge < -0.3 is 10.4 Å². The highest BCUT2D eigenvalue weighted by Gasteiger charge is 2.65. The molecule has 6 nitrogen and oxygen atoms in total. The molecule has 0 spiro atoms. The molecule has 2 atom stereocenters. The summed E-state index contributed by atoms with van der Waals surface area (Å²) in [6.07, 6.45) is 1.11. The average Bonchev–Trinajstić information content (AvgIpc) is 2.76. The van der Waals surface area contributed by atoms with E-state index in [0.717, 1.165) is 6.26 Å². The first-order valence-corrected chi connectivity index (χ1v) is 7.91. The maximum Gasteiger partial charge on any atom is 0.307 e. The van der Waals surface area contributed by atoms with Crippen LogP contribution in [0.3, 0.4) is 0 Å². The second-order valence-electron chi connectivity index (χ2n) is 6.36. The summed E-state index contributed by atoms with van der Waals surface area (Å²) in [6.45, 7) is 6.46. The first-order valence-electron chi connectivity index (χ1n) is 6.02. The molecule has 0 aromatic rings. The Hall–Kier alpha value is -1.11. The molecule has 0 saturated heterocycles. The van der Waals surface area contributed by atoms with Crippen molar-refractivity contribution in [1.82, 2.24) is 5.32 Å². The standard InChI is InChI=1S/C12H21NO5S/c1-11(2,19(5,17)18)6-13-9(14)7-8(10(15)16)12(7,3)4/h7-8H,6H2,1-5H3,(H,13,14)(H,15,16). The minimum atomic E-state index is -3.29. The van der Waals surface area contributed by atoms with E-state index >= 15 is 0 Å². The largest absolute Gasteiger partial charge is 0.481 e. The molecular formula is C12H21NO5S. The van der Waals surface area contributed by atoms with Crippen molar-refractivity contribution in [3.05, 3.63) is 0 Å². The SMILES string of the molecule is CC1(C)C(C(=O)O)C1C(=O)NCC(C)(C)S(C)(=O)=O. The van der Waals surface area contributed by atoms with E-state index in [1.165, 1.54) is 13.8 Å². The van der Waals surface area contributed by atoms with Gasteiger partial charge in [0, 0.05) is 12.8 Å². The lowest BCUT2D eigenvalue weighted by molar-refractivity contribution is -0.140. The summed E-state index contributed by atoms with van der Waals surface area (Å²) in [6, 6.07) is 0. The summed E-state index contributed by atoms with van der Waals surface area (Å²) in [7, 11) is -3.29. The Morgan fingerprint density at radius 2 is 1.74 bits per heavy atom. The number of carboxylic acid groups (broad SMARTS) is 1. The van der Waals surface area contributed by atoms with Gasteiger partial charge in [0.15, 0.2) is 9.84 Å². The van der Waals surface area contributed by atoms with E-state index < -0.39 is 43.7 Å². The van der Waals surface area contributed by atoms with E-state index in [1.807, 2.05) is 0 Å². The number of sulfone groups is 1. The van der Waals surface area contributed by atoms with Crippen molar-refractivity contribution in [3.8, 4) is 0 Å². The fourth-order valence-corrected chi connectivity index (χ4v) is 2.46. The third kappa shape index (κ3) is 2.91. The summed E-state index contributed by atoms with van der Waals surface area (Å²) in [4.78, 5) is 22.9. The molecule has 0 radical (unpaired) electrons. The van der Waals surface area contributed by atoms with E-state index in [-0.39, 0.29) is 6.54 Å². The summed E-state index contributed by atoms with van der Waals surface area (Å²) in [5.74, 6) is -2.68. The molecule has 1 rings (SSSR count). The van der Waals surface area contributed by atoms with E-state index in [2.05, 4.69) is 5.32 Å². The molecule has 1 aliphatic rings. The topological polar surface area (TPSA) is 101 Å². The van der Waals surface area contributed by atoms with Crippen molar-refractivity contribution in [2.24, 2.45) is 17.3 Å². The molecule has 0 aromatic heterocycles. The molecule has 0 heterocycles. The minimum Gasteiger partial charge on any atom is -0.481 e. The predicted octanol–water partition coefficient (Wildman–Crippen LogP) is 0.283. The zero-order valence-corrected chi connectivity index (χ0v) is 12.7. The first kappa shape index (κ1) is 15.9. The Kier molecular flexibility index (Phi) is 3.75. The van der Waals surface area contributed by atoms with Crippen LogP contribution in [0, 0.1) is 17.3 Å². The molecule has 1 saturated carbocycles. The number of nitrogens with one attached hydrogen (secondary N) is 1. The van der Waals surface area contributed by atoms with Crippen molar-refractivity contribution in [2.75, 3.05) is 12.8 Å². The number of carboxylic acids is 1. The molecule has 0 aliphatic heterocycles. The summed E-state index contributed by atoms with van der Waals surface area (Å²) >= 11 is 0. The van der Waals surface area contributed by atoms with Gasteiger partial charge >= 0.3 is 5.97 Å². The smallest absolute Gasteiger partial charge is 0.307 e. The van der Waals surface area contributed by atoms with E-state index in [0.29, 0.717) is 0 Å².